The monoisotopic (exact) mass is 343 g/mol. The number of likely N-dealkylation sites (tertiary alicyclic amines) is 1. The van der Waals surface area contributed by atoms with Crippen molar-refractivity contribution in [2.45, 2.75) is 44.6 Å². The highest BCUT2D eigenvalue weighted by Crippen LogP contribution is 2.29. The van der Waals surface area contributed by atoms with E-state index >= 15 is 0 Å². The van der Waals surface area contributed by atoms with E-state index in [4.69, 9.17) is 0 Å². The minimum absolute atomic E-state index is 0.0571. The molecule has 2 aliphatic rings. The topological polar surface area (TPSA) is 78.5 Å². The van der Waals surface area contributed by atoms with Gasteiger partial charge in [-0.15, -0.1) is 0 Å². The van der Waals surface area contributed by atoms with Crippen molar-refractivity contribution in [1.82, 2.24) is 15.5 Å². The van der Waals surface area contributed by atoms with Gasteiger partial charge < -0.3 is 10.2 Å². The van der Waals surface area contributed by atoms with E-state index in [9.17, 15) is 14.4 Å². The number of urea groups is 1. The molecule has 2 saturated heterocycles. The summed E-state index contributed by atoms with van der Waals surface area (Å²) in [5.74, 6) is -0.123. The van der Waals surface area contributed by atoms with Gasteiger partial charge in [0.05, 0.1) is 0 Å². The predicted molar refractivity (Wildman–Crippen MR) is 93.9 cm³/mol. The molecule has 3 rings (SSSR count). The van der Waals surface area contributed by atoms with E-state index in [1.165, 1.54) is 5.56 Å². The van der Waals surface area contributed by atoms with Gasteiger partial charge in [0.2, 0.25) is 5.91 Å². The van der Waals surface area contributed by atoms with Gasteiger partial charge in [-0.05, 0) is 37.7 Å². The molecule has 2 fully saturated rings. The molecule has 4 amide bonds. The van der Waals surface area contributed by atoms with Crippen LogP contribution in [0.1, 0.15) is 44.6 Å². The number of nitrogens with zero attached hydrogens (tertiary/aromatic N) is 1. The maximum absolute atomic E-state index is 12.7. The van der Waals surface area contributed by atoms with E-state index in [0.29, 0.717) is 12.3 Å². The van der Waals surface area contributed by atoms with Gasteiger partial charge in [-0.3, -0.25) is 14.9 Å². The van der Waals surface area contributed by atoms with E-state index in [1.807, 2.05) is 17.9 Å². The van der Waals surface area contributed by atoms with E-state index in [1.54, 1.807) is 6.92 Å². The number of carbonyl (C=O) groups is 3. The molecule has 0 radical (unpaired) electrons. The molecular formula is C19H25N3O3. The van der Waals surface area contributed by atoms with Gasteiger partial charge in [0.1, 0.15) is 5.54 Å². The Balaban J connectivity index is 1.55. The first-order chi connectivity index (χ1) is 11.9. The molecule has 2 N–H and O–H groups in total. The predicted octanol–water partition coefficient (Wildman–Crippen LogP) is 2.02. The van der Waals surface area contributed by atoms with Crippen molar-refractivity contribution in [2.24, 2.45) is 5.92 Å². The molecule has 2 heterocycles. The lowest BCUT2D eigenvalue weighted by molar-refractivity contribution is -0.137. The van der Waals surface area contributed by atoms with Crippen LogP contribution in [-0.4, -0.2) is 41.4 Å². The zero-order valence-corrected chi connectivity index (χ0v) is 14.7. The number of imide groups is 1. The molecule has 6 heteroatoms. The Hall–Kier alpha value is -2.37. The first-order valence-electron chi connectivity index (χ1n) is 8.86. The molecule has 0 saturated carbocycles. The average Bonchev–Trinajstić information content (AvgIpc) is 2.86. The summed E-state index contributed by atoms with van der Waals surface area (Å²) in [6, 6.07) is 9.92. The molecule has 0 spiro atoms. The van der Waals surface area contributed by atoms with Crippen molar-refractivity contribution < 1.29 is 14.4 Å². The van der Waals surface area contributed by atoms with Crippen molar-refractivity contribution in [1.29, 1.82) is 0 Å². The third-order valence-corrected chi connectivity index (χ3v) is 5.33. The lowest BCUT2D eigenvalue weighted by Gasteiger charge is -2.35. The van der Waals surface area contributed by atoms with Crippen LogP contribution in [0.25, 0.3) is 0 Å². The maximum atomic E-state index is 12.7. The Labute approximate surface area is 148 Å². The summed E-state index contributed by atoms with van der Waals surface area (Å²) in [7, 11) is 0. The van der Waals surface area contributed by atoms with Crippen LogP contribution in [0.5, 0.6) is 0 Å². The molecule has 25 heavy (non-hydrogen) atoms. The molecule has 2 aliphatic heterocycles. The fraction of sp³-hybridized carbons (Fsp3) is 0.526. The molecule has 0 bridgehead atoms. The van der Waals surface area contributed by atoms with Crippen molar-refractivity contribution >= 4 is 17.8 Å². The molecule has 1 aromatic rings. The third-order valence-electron chi connectivity index (χ3n) is 5.33. The smallest absolute Gasteiger partial charge is 0.322 e. The SMILES string of the molecule is CC(C[C@@]1(C)NC(=O)NC1=O)C(=O)N1CCC(c2ccccc2)CC1. The summed E-state index contributed by atoms with van der Waals surface area (Å²) in [5.41, 5.74) is 0.328. The molecule has 6 nitrogen and oxygen atoms in total. The lowest BCUT2D eigenvalue weighted by atomic mass is 9.87. The third kappa shape index (κ3) is 3.67. The Bertz CT molecular complexity index is 668. The van der Waals surface area contributed by atoms with Gasteiger partial charge in [-0.25, -0.2) is 4.79 Å². The summed E-state index contributed by atoms with van der Waals surface area (Å²) >= 11 is 0. The van der Waals surface area contributed by atoms with Crippen LogP contribution in [0.15, 0.2) is 30.3 Å². The van der Waals surface area contributed by atoms with Crippen LogP contribution in [-0.2, 0) is 9.59 Å². The van der Waals surface area contributed by atoms with Gasteiger partial charge in [0.25, 0.3) is 5.91 Å². The number of piperidine rings is 1. The molecule has 2 atom stereocenters. The summed E-state index contributed by atoms with van der Waals surface area (Å²) in [5, 5.41) is 4.87. The van der Waals surface area contributed by atoms with Crippen LogP contribution in [0.4, 0.5) is 4.79 Å². The van der Waals surface area contributed by atoms with Gasteiger partial charge in [0.15, 0.2) is 0 Å². The van der Waals surface area contributed by atoms with Crippen molar-refractivity contribution in [3.05, 3.63) is 35.9 Å². The van der Waals surface area contributed by atoms with Crippen LogP contribution < -0.4 is 10.6 Å². The van der Waals surface area contributed by atoms with E-state index in [2.05, 4.69) is 34.9 Å². The molecule has 0 aromatic heterocycles. The first-order valence-corrected chi connectivity index (χ1v) is 8.86. The van der Waals surface area contributed by atoms with E-state index in [-0.39, 0.29) is 17.7 Å². The standard InChI is InChI=1S/C19H25N3O3/c1-13(12-19(2)17(24)20-18(25)21-19)16(23)22-10-8-15(9-11-22)14-6-4-3-5-7-14/h3-7,13,15H,8-12H2,1-2H3,(H2,20,21,24,25)/t13?,19-/m1/s1. The zero-order valence-electron chi connectivity index (χ0n) is 14.7. The van der Waals surface area contributed by atoms with Crippen molar-refractivity contribution in [3.8, 4) is 0 Å². The number of amides is 4. The van der Waals surface area contributed by atoms with Crippen molar-refractivity contribution in [3.63, 3.8) is 0 Å². The van der Waals surface area contributed by atoms with Crippen LogP contribution in [0.2, 0.25) is 0 Å². The lowest BCUT2D eigenvalue weighted by Crippen LogP contribution is -2.48. The average molecular weight is 343 g/mol. The Morgan fingerprint density at radius 2 is 1.88 bits per heavy atom. The Morgan fingerprint density at radius 3 is 2.44 bits per heavy atom. The molecule has 134 valence electrons. The number of hydrogen-bond acceptors (Lipinski definition) is 3. The van der Waals surface area contributed by atoms with Gasteiger partial charge in [-0.1, -0.05) is 37.3 Å². The summed E-state index contributed by atoms with van der Waals surface area (Å²) < 4.78 is 0. The van der Waals surface area contributed by atoms with Gasteiger partial charge >= 0.3 is 6.03 Å². The number of benzene rings is 1. The molecule has 0 aliphatic carbocycles. The first kappa shape index (κ1) is 17.5. The number of carbonyl (C=O) groups excluding carboxylic acids is 3. The molecular weight excluding hydrogens is 318 g/mol. The summed E-state index contributed by atoms with van der Waals surface area (Å²) in [6.07, 6.45) is 2.22. The van der Waals surface area contributed by atoms with E-state index < -0.39 is 11.6 Å². The fourth-order valence-corrected chi connectivity index (χ4v) is 3.89. The minimum Gasteiger partial charge on any atom is -0.342 e. The molecule has 1 aromatic carbocycles. The largest absolute Gasteiger partial charge is 0.342 e. The van der Waals surface area contributed by atoms with Gasteiger partial charge in [0, 0.05) is 19.0 Å². The second-order valence-electron chi connectivity index (χ2n) is 7.36. The Kier molecular flexibility index (Phi) is 4.79. The van der Waals surface area contributed by atoms with Crippen LogP contribution >= 0.6 is 0 Å². The molecule has 1 unspecified atom stereocenters. The van der Waals surface area contributed by atoms with Crippen LogP contribution in [0, 0.1) is 5.92 Å². The highest BCUT2D eigenvalue weighted by molar-refractivity contribution is 6.06. The number of rotatable bonds is 4. The number of hydrogen-bond donors (Lipinski definition) is 2. The highest BCUT2D eigenvalue weighted by Gasteiger charge is 2.44. The highest BCUT2D eigenvalue weighted by atomic mass is 16.2. The van der Waals surface area contributed by atoms with Crippen molar-refractivity contribution in [2.75, 3.05) is 13.1 Å². The zero-order chi connectivity index (χ0) is 18.0. The van der Waals surface area contributed by atoms with E-state index in [0.717, 1.165) is 25.9 Å². The fourth-order valence-electron chi connectivity index (χ4n) is 3.89. The second kappa shape index (κ2) is 6.86. The maximum Gasteiger partial charge on any atom is 0.322 e. The second-order valence-corrected chi connectivity index (χ2v) is 7.36. The summed E-state index contributed by atoms with van der Waals surface area (Å²) in [6.45, 7) is 4.96. The van der Waals surface area contributed by atoms with Crippen LogP contribution in [0.3, 0.4) is 0 Å². The summed E-state index contributed by atoms with van der Waals surface area (Å²) in [4.78, 5) is 37.9. The normalized spacial score (nSPS) is 25.4. The quantitative estimate of drug-likeness (QED) is 0.821. The minimum atomic E-state index is -1.01. The Morgan fingerprint density at radius 1 is 1.24 bits per heavy atom. The van der Waals surface area contributed by atoms with Gasteiger partial charge in [-0.2, -0.15) is 0 Å². The number of nitrogens with one attached hydrogen (secondary N) is 2.